The van der Waals surface area contributed by atoms with Gasteiger partial charge >= 0.3 is 12.1 Å². The van der Waals surface area contributed by atoms with Crippen LogP contribution in [0.4, 0.5) is 4.79 Å². The fraction of sp³-hybridized carbons (Fsp3) is 0.591. The first-order valence-corrected chi connectivity index (χ1v) is 10.4. The highest BCUT2D eigenvalue weighted by molar-refractivity contribution is 5.89. The van der Waals surface area contributed by atoms with Gasteiger partial charge in [0.25, 0.3) is 0 Å². The van der Waals surface area contributed by atoms with Gasteiger partial charge in [-0.05, 0) is 64.2 Å². The van der Waals surface area contributed by atoms with E-state index >= 15 is 0 Å². The summed E-state index contributed by atoms with van der Waals surface area (Å²) in [4.78, 5) is 37.2. The van der Waals surface area contributed by atoms with Crippen molar-refractivity contribution in [3.05, 3.63) is 29.8 Å². The standard InChI is InChI=1S/C22H32N2O6/c1-22(2,3)30-21(28)24-18(13-19(26)29-17-7-5-4-6-8-17)20(27)23-14-15-9-11-16(25)12-10-15/h9-12,17-18,25H,4-8,13-14H2,1-3H3,(H,23,27)(H,24,28)/t18-/m0/s1. The summed E-state index contributed by atoms with van der Waals surface area (Å²) in [6.45, 7) is 5.32. The van der Waals surface area contributed by atoms with Gasteiger partial charge in [-0.15, -0.1) is 0 Å². The second-order valence-electron chi connectivity index (χ2n) is 8.54. The zero-order valence-electron chi connectivity index (χ0n) is 17.9. The number of carbonyl (C=O) groups is 3. The van der Waals surface area contributed by atoms with E-state index in [0.717, 1.165) is 37.7 Å². The third-order valence-corrected chi connectivity index (χ3v) is 4.63. The third-order valence-electron chi connectivity index (χ3n) is 4.63. The Kier molecular flexibility index (Phi) is 8.50. The van der Waals surface area contributed by atoms with Crippen LogP contribution in [0.15, 0.2) is 24.3 Å². The van der Waals surface area contributed by atoms with Crippen molar-refractivity contribution in [1.29, 1.82) is 0 Å². The van der Waals surface area contributed by atoms with E-state index in [1.807, 2.05) is 0 Å². The Bertz CT molecular complexity index is 720. The molecule has 0 radical (unpaired) electrons. The largest absolute Gasteiger partial charge is 0.508 e. The number of hydrogen-bond donors (Lipinski definition) is 3. The zero-order chi connectivity index (χ0) is 22.1. The highest BCUT2D eigenvalue weighted by Gasteiger charge is 2.28. The van der Waals surface area contributed by atoms with E-state index in [-0.39, 0.29) is 24.8 Å². The molecule has 1 aliphatic carbocycles. The van der Waals surface area contributed by atoms with Crippen molar-refractivity contribution in [2.24, 2.45) is 0 Å². The first-order valence-electron chi connectivity index (χ1n) is 10.4. The quantitative estimate of drug-likeness (QED) is 0.584. The number of benzene rings is 1. The SMILES string of the molecule is CC(C)(C)OC(=O)N[C@@H](CC(=O)OC1CCCCC1)C(=O)NCc1ccc(O)cc1. The van der Waals surface area contributed by atoms with Crippen LogP contribution in [-0.2, 0) is 25.6 Å². The summed E-state index contributed by atoms with van der Waals surface area (Å²) in [5.74, 6) is -0.919. The molecule has 0 heterocycles. The second-order valence-corrected chi connectivity index (χ2v) is 8.54. The van der Waals surface area contributed by atoms with Gasteiger partial charge < -0.3 is 25.2 Å². The summed E-state index contributed by atoms with van der Waals surface area (Å²) in [5, 5.41) is 14.5. The average molecular weight is 421 g/mol. The Morgan fingerprint density at radius 3 is 2.33 bits per heavy atom. The third kappa shape index (κ3) is 8.71. The molecule has 2 rings (SSSR count). The Hall–Kier alpha value is -2.77. The summed E-state index contributed by atoms with van der Waals surface area (Å²) in [6.07, 6.45) is 3.63. The summed E-state index contributed by atoms with van der Waals surface area (Å²) in [5.41, 5.74) is 0.0293. The second kappa shape index (κ2) is 10.8. The Morgan fingerprint density at radius 2 is 1.73 bits per heavy atom. The Morgan fingerprint density at radius 1 is 1.10 bits per heavy atom. The van der Waals surface area contributed by atoms with E-state index < -0.39 is 29.6 Å². The van der Waals surface area contributed by atoms with Crippen LogP contribution in [0.3, 0.4) is 0 Å². The average Bonchev–Trinajstić information content (AvgIpc) is 2.66. The van der Waals surface area contributed by atoms with Crippen LogP contribution in [-0.4, -0.2) is 40.8 Å². The van der Waals surface area contributed by atoms with Crippen LogP contribution >= 0.6 is 0 Å². The predicted octanol–water partition coefficient (Wildman–Crippen LogP) is 3.17. The minimum atomic E-state index is -1.12. The molecule has 0 unspecified atom stereocenters. The number of phenols is 1. The fourth-order valence-corrected chi connectivity index (χ4v) is 3.17. The molecule has 0 aliphatic heterocycles. The maximum atomic E-state index is 12.7. The van der Waals surface area contributed by atoms with Gasteiger partial charge in [0.1, 0.15) is 23.5 Å². The van der Waals surface area contributed by atoms with Crippen molar-refractivity contribution in [2.75, 3.05) is 0 Å². The minimum absolute atomic E-state index is 0.125. The van der Waals surface area contributed by atoms with Gasteiger partial charge in [-0.25, -0.2) is 4.79 Å². The van der Waals surface area contributed by atoms with Gasteiger partial charge in [0.15, 0.2) is 0 Å². The number of ether oxygens (including phenoxy) is 2. The Balaban J connectivity index is 1.97. The van der Waals surface area contributed by atoms with Gasteiger partial charge in [0, 0.05) is 6.54 Å². The first-order chi connectivity index (χ1) is 14.1. The van der Waals surface area contributed by atoms with Crippen molar-refractivity contribution in [2.45, 2.75) is 83.6 Å². The van der Waals surface area contributed by atoms with Crippen molar-refractivity contribution in [3.8, 4) is 5.75 Å². The molecule has 1 aromatic carbocycles. The molecule has 0 saturated heterocycles. The molecular formula is C22H32N2O6. The van der Waals surface area contributed by atoms with E-state index in [4.69, 9.17) is 9.47 Å². The van der Waals surface area contributed by atoms with E-state index in [1.54, 1.807) is 32.9 Å². The number of carbonyl (C=O) groups excluding carboxylic acids is 3. The number of aromatic hydroxyl groups is 1. The fourth-order valence-electron chi connectivity index (χ4n) is 3.17. The summed E-state index contributed by atoms with van der Waals surface area (Å²) < 4.78 is 10.7. The molecule has 2 amide bonds. The molecule has 1 atom stereocenters. The van der Waals surface area contributed by atoms with E-state index in [2.05, 4.69) is 10.6 Å². The topological polar surface area (TPSA) is 114 Å². The zero-order valence-corrected chi connectivity index (χ0v) is 17.9. The van der Waals surface area contributed by atoms with Crippen LogP contribution in [0.25, 0.3) is 0 Å². The molecule has 1 aromatic rings. The molecule has 0 aromatic heterocycles. The molecule has 1 saturated carbocycles. The normalized spacial score (nSPS) is 15.7. The Labute approximate surface area is 177 Å². The highest BCUT2D eigenvalue weighted by Crippen LogP contribution is 2.21. The molecule has 0 bridgehead atoms. The van der Waals surface area contributed by atoms with E-state index in [9.17, 15) is 19.5 Å². The lowest BCUT2D eigenvalue weighted by Gasteiger charge is -2.25. The molecule has 166 valence electrons. The van der Waals surface area contributed by atoms with Crippen molar-refractivity contribution in [1.82, 2.24) is 10.6 Å². The number of nitrogens with one attached hydrogen (secondary N) is 2. The lowest BCUT2D eigenvalue weighted by Crippen LogP contribution is -2.49. The highest BCUT2D eigenvalue weighted by atomic mass is 16.6. The minimum Gasteiger partial charge on any atom is -0.508 e. The lowest BCUT2D eigenvalue weighted by atomic mass is 9.98. The van der Waals surface area contributed by atoms with Crippen LogP contribution in [0, 0.1) is 0 Å². The molecule has 1 fully saturated rings. The van der Waals surface area contributed by atoms with Crippen LogP contribution in [0.1, 0.15) is 64.9 Å². The molecular weight excluding hydrogens is 388 g/mol. The van der Waals surface area contributed by atoms with Crippen LogP contribution < -0.4 is 10.6 Å². The number of esters is 1. The van der Waals surface area contributed by atoms with Gasteiger partial charge in [-0.2, -0.15) is 0 Å². The number of alkyl carbamates (subject to hydrolysis) is 1. The van der Waals surface area contributed by atoms with Gasteiger partial charge in [-0.3, -0.25) is 9.59 Å². The summed E-state index contributed by atoms with van der Waals surface area (Å²) in [6, 6.07) is 5.25. The number of amides is 2. The van der Waals surface area contributed by atoms with Gasteiger partial charge in [0.2, 0.25) is 5.91 Å². The van der Waals surface area contributed by atoms with E-state index in [0.29, 0.717) is 0 Å². The monoisotopic (exact) mass is 420 g/mol. The van der Waals surface area contributed by atoms with Crippen molar-refractivity contribution < 1.29 is 29.0 Å². The van der Waals surface area contributed by atoms with Crippen molar-refractivity contribution >= 4 is 18.0 Å². The van der Waals surface area contributed by atoms with Crippen LogP contribution in [0.2, 0.25) is 0 Å². The molecule has 8 nitrogen and oxygen atoms in total. The maximum absolute atomic E-state index is 12.7. The molecule has 30 heavy (non-hydrogen) atoms. The molecule has 1 aliphatic rings. The number of hydrogen-bond acceptors (Lipinski definition) is 6. The van der Waals surface area contributed by atoms with Gasteiger partial charge in [0.05, 0.1) is 6.42 Å². The van der Waals surface area contributed by atoms with Crippen LogP contribution in [0.5, 0.6) is 5.75 Å². The summed E-state index contributed by atoms with van der Waals surface area (Å²) in [7, 11) is 0. The molecule has 0 spiro atoms. The molecule has 8 heteroatoms. The maximum Gasteiger partial charge on any atom is 0.408 e. The van der Waals surface area contributed by atoms with Crippen molar-refractivity contribution in [3.63, 3.8) is 0 Å². The van der Waals surface area contributed by atoms with Gasteiger partial charge in [-0.1, -0.05) is 18.6 Å². The predicted molar refractivity (Wildman–Crippen MR) is 111 cm³/mol. The number of rotatable bonds is 7. The van der Waals surface area contributed by atoms with E-state index in [1.165, 1.54) is 12.1 Å². The smallest absolute Gasteiger partial charge is 0.408 e. The lowest BCUT2D eigenvalue weighted by molar-refractivity contribution is -0.152. The summed E-state index contributed by atoms with van der Waals surface area (Å²) >= 11 is 0. The number of phenolic OH excluding ortho intramolecular Hbond substituents is 1. The molecule has 3 N–H and O–H groups in total. The first kappa shape index (κ1) is 23.5.